The number of nitrogens with zero attached hydrogens (tertiary/aromatic N) is 2. The van der Waals surface area contributed by atoms with Crippen LogP contribution in [0.1, 0.15) is 39.1 Å². The van der Waals surface area contributed by atoms with E-state index in [2.05, 4.69) is 38.4 Å². The van der Waals surface area contributed by atoms with Crippen LogP contribution in [0.3, 0.4) is 0 Å². The Labute approximate surface area is 155 Å². The first-order valence-electron chi connectivity index (χ1n) is 9.29. The van der Waals surface area contributed by atoms with Gasteiger partial charge in [-0.05, 0) is 24.1 Å². The van der Waals surface area contributed by atoms with Crippen molar-refractivity contribution in [2.45, 2.75) is 19.3 Å². The first-order chi connectivity index (χ1) is 12.5. The van der Waals surface area contributed by atoms with Crippen LogP contribution in [0.15, 0.2) is 54.6 Å². The lowest BCUT2D eigenvalue weighted by Gasteiger charge is -2.30. The van der Waals surface area contributed by atoms with Gasteiger partial charge in [0.1, 0.15) is 0 Å². The molecule has 4 heteroatoms. The van der Waals surface area contributed by atoms with Crippen molar-refractivity contribution < 1.29 is 14.1 Å². The Balaban J connectivity index is 1.45. The molecule has 0 atom stereocenters. The van der Waals surface area contributed by atoms with Crippen molar-refractivity contribution in [2.24, 2.45) is 0 Å². The first kappa shape index (κ1) is 18.3. The lowest BCUT2D eigenvalue weighted by atomic mass is 10.1. The van der Waals surface area contributed by atoms with E-state index in [4.69, 9.17) is 0 Å². The number of benzene rings is 2. The highest BCUT2D eigenvalue weighted by Gasteiger charge is 2.34. The Morgan fingerprint density at radius 3 is 1.92 bits per heavy atom. The number of aryl methyl sites for hydroxylation is 1. The quantitative estimate of drug-likeness (QED) is 0.540. The second-order valence-corrected chi connectivity index (χ2v) is 7.63. The molecule has 0 unspecified atom stereocenters. The third kappa shape index (κ3) is 4.20. The van der Waals surface area contributed by atoms with Crippen molar-refractivity contribution in [3.8, 4) is 0 Å². The van der Waals surface area contributed by atoms with Crippen molar-refractivity contribution in [1.29, 1.82) is 0 Å². The summed E-state index contributed by atoms with van der Waals surface area (Å²) in [6, 6.07) is 17.6. The topological polar surface area (TPSA) is 37.4 Å². The first-order valence-corrected chi connectivity index (χ1v) is 9.29. The minimum atomic E-state index is -0.153. The summed E-state index contributed by atoms with van der Waals surface area (Å²) in [4.78, 5) is 26.2. The van der Waals surface area contributed by atoms with Crippen molar-refractivity contribution in [2.75, 3.05) is 33.7 Å². The molecule has 2 aromatic carbocycles. The second kappa shape index (κ2) is 7.83. The predicted octanol–water partition coefficient (Wildman–Crippen LogP) is 3.38. The molecule has 1 heterocycles. The largest absolute Gasteiger partial charge is 0.328 e. The number of quaternary nitrogens is 1. The SMILES string of the molecule is C[N+](C)(CCCc1ccccc1)CCCN1C(=O)c2ccccc2C1=O. The Morgan fingerprint density at radius 1 is 0.769 bits per heavy atom. The minimum absolute atomic E-state index is 0.153. The van der Waals surface area contributed by atoms with E-state index < -0.39 is 0 Å². The smallest absolute Gasteiger partial charge is 0.261 e. The van der Waals surface area contributed by atoms with E-state index in [-0.39, 0.29) is 11.8 Å². The van der Waals surface area contributed by atoms with Gasteiger partial charge in [-0.1, -0.05) is 42.5 Å². The molecule has 3 rings (SSSR count). The second-order valence-electron chi connectivity index (χ2n) is 7.63. The van der Waals surface area contributed by atoms with E-state index in [0.717, 1.165) is 36.8 Å². The highest BCUT2D eigenvalue weighted by molar-refractivity contribution is 6.21. The van der Waals surface area contributed by atoms with Crippen LogP contribution in [0.25, 0.3) is 0 Å². The molecule has 2 aromatic rings. The van der Waals surface area contributed by atoms with Gasteiger partial charge in [0.05, 0.1) is 38.3 Å². The van der Waals surface area contributed by atoms with Crippen molar-refractivity contribution >= 4 is 11.8 Å². The minimum Gasteiger partial charge on any atom is -0.328 e. The average molecular weight is 351 g/mol. The Morgan fingerprint density at radius 2 is 1.31 bits per heavy atom. The Hall–Kier alpha value is -2.46. The summed E-state index contributed by atoms with van der Waals surface area (Å²) in [5.41, 5.74) is 2.45. The maximum absolute atomic E-state index is 12.4. The molecule has 0 fully saturated rings. The predicted molar refractivity (Wildman–Crippen MR) is 103 cm³/mol. The van der Waals surface area contributed by atoms with Crippen LogP contribution in [0.4, 0.5) is 0 Å². The molecular weight excluding hydrogens is 324 g/mol. The fourth-order valence-corrected chi connectivity index (χ4v) is 3.57. The number of hydrogen-bond donors (Lipinski definition) is 0. The van der Waals surface area contributed by atoms with E-state index >= 15 is 0 Å². The molecule has 0 radical (unpaired) electrons. The van der Waals surface area contributed by atoms with Gasteiger partial charge in [-0.25, -0.2) is 0 Å². The molecule has 1 aliphatic heterocycles. The number of hydrogen-bond acceptors (Lipinski definition) is 2. The van der Waals surface area contributed by atoms with Crippen LogP contribution in [0.5, 0.6) is 0 Å². The molecule has 0 aliphatic carbocycles. The third-order valence-electron chi connectivity index (χ3n) is 5.10. The molecule has 26 heavy (non-hydrogen) atoms. The molecule has 136 valence electrons. The molecular formula is C22H27N2O2+. The van der Waals surface area contributed by atoms with Crippen molar-refractivity contribution in [3.05, 3.63) is 71.3 Å². The highest BCUT2D eigenvalue weighted by atomic mass is 16.2. The number of rotatable bonds is 8. The summed E-state index contributed by atoms with van der Waals surface area (Å²) in [6.07, 6.45) is 3.04. The van der Waals surface area contributed by atoms with Crippen LogP contribution in [-0.4, -0.2) is 54.9 Å². The van der Waals surface area contributed by atoms with E-state index in [0.29, 0.717) is 17.7 Å². The van der Waals surface area contributed by atoms with Crippen LogP contribution < -0.4 is 0 Å². The number of imide groups is 1. The van der Waals surface area contributed by atoms with Gasteiger partial charge in [0.2, 0.25) is 0 Å². The lowest BCUT2D eigenvalue weighted by molar-refractivity contribution is -0.890. The monoisotopic (exact) mass is 351 g/mol. The van der Waals surface area contributed by atoms with E-state index in [1.54, 1.807) is 24.3 Å². The Kier molecular flexibility index (Phi) is 5.52. The zero-order valence-electron chi connectivity index (χ0n) is 15.6. The zero-order valence-corrected chi connectivity index (χ0v) is 15.6. The van der Waals surface area contributed by atoms with Gasteiger partial charge >= 0.3 is 0 Å². The van der Waals surface area contributed by atoms with Gasteiger partial charge in [-0.2, -0.15) is 0 Å². The van der Waals surface area contributed by atoms with Gasteiger partial charge in [0.15, 0.2) is 0 Å². The fraction of sp³-hybridized carbons (Fsp3) is 0.364. The molecule has 0 N–H and O–H groups in total. The summed E-state index contributed by atoms with van der Waals surface area (Å²) in [7, 11) is 4.43. The molecule has 0 spiro atoms. The van der Waals surface area contributed by atoms with Crippen LogP contribution in [0.2, 0.25) is 0 Å². The fourth-order valence-electron chi connectivity index (χ4n) is 3.57. The number of amides is 2. The maximum Gasteiger partial charge on any atom is 0.261 e. The van der Waals surface area contributed by atoms with Gasteiger partial charge < -0.3 is 4.48 Å². The molecule has 2 amide bonds. The van der Waals surface area contributed by atoms with E-state index in [1.165, 1.54) is 10.5 Å². The lowest BCUT2D eigenvalue weighted by Crippen LogP contribution is -2.43. The maximum atomic E-state index is 12.4. The van der Waals surface area contributed by atoms with Gasteiger partial charge in [0.25, 0.3) is 11.8 Å². The summed E-state index contributed by atoms with van der Waals surface area (Å²) in [5.74, 6) is -0.306. The number of carbonyl (C=O) groups excluding carboxylic acids is 2. The normalized spacial score (nSPS) is 14.0. The highest BCUT2D eigenvalue weighted by Crippen LogP contribution is 2.22. The summed E-state index contributed by atoms with van der Waals surface area (Å²) >= 11 is 0. The van der Waals surface area contributed by atoms with E-state index in [9.17, 15) is 9.59 Å². The summed E-state index contributed by atoms with van der Waals surface area (Å²) in [6.45, 7) is 2.52. The zero-order chi connectivity index (χ0) is 18.6. The van der Waals surface area contributed by atoms with Gasteiger partial charge in [-0.15, -0.1) is 0 Å². The summed E-state index contributed by atoms with van der Waals surface area (Å²) < 4.78 is 0.899. The van der Waals surface area contributed by atoms with Crippen LogP contribution in [-0.2, 0) is 6.42 Å². The van der Waals surface area contributed by atoms with Crippen LogP contribution >= 0.6 is 0 Å². The van der Waals surface area contributed by atoms with Crippen LogP contribution in [0, 0.1) is 0 Å². The van der Waals surface area contributed by atoms with E-state index in [1.807, 2.05) is 6.07 Å². The molecule has 1 aliphatic rings. The number of fused-ring (bicyclic) bond motifs is 1. The standard InChI is InChI=1S/C22H27N2O2/c1-24(2,16-8-12-18-10-4-3-5-11-18)17-9-15-23-21(25)19-13-6-7-14-20(19)22(23)26/h3-7,10-11,13-14H,8-9,12,15-17H2,1-2H3/q+1. The molecule has 0 saturated carbocycles. The number of carbonyl (C=O) groups is 2. The van der Waals surface area contributed by atoms with Crippen molar-refractivity contribution in [1.82, 2.24) is 4.90 Å². The third-order valence-corrected chi connectivity index (χ3v) is 5.10. The average Bonchev–Trinajstić information content (AvgIpc) is 2.88. The molecule has 0 bridgehead atoms. The van der Waals surface area contributed by atoms with Gasteiger partial charge in [-0.3, -0.25) is 14.5 Å². The van der Waals surface area contributed by atoms with Crippen molar-refractivity contribution in [3.63, 3.8) is 0 Å². The molecule has 4 nitrogen and oxygen atoms in total. The van der Waals surface area contributed by atoms with Gasteiger partial charge in [0, 0.05) is 19.4 Å². The summed E-state index contributed by atoms with van der Waals surface area (Å²) in [5, 5.41) is 0. The molecule has 0 aromatic heterocycles. The Bertz CT molecular complexity index is 749. The molecule has 0 saturated heterocycles.